The molecule has 0 aromatic heterocycles. The minimum Gasteiger partial charge on any atom is -0.469 e. The molecule has 20 heavy (non-hydrogen) atoms. The van der Waals surface area contributed by atoms with Gasteiger partial charge < -0.3 is 14.4 Å². The number of nitrogens with zero attached hydrogens (tertiary/aromatic N) is 1. The second kappa shape index (κ2) is 6.46. The lowest BCUT2D eigenvalue weighted by Gasteiger charge is -2.42. The maximum Gasteiger partial charge on any atom is 0.410 e. The third-order valence-corrected chi connectivity index (χ3v) is 3.57. The Kier molecular flexibility index (Phi) is 5.42. The highest BCUT2D eigenvalue weighted by Crippen LogP contribution is 2.30. The lowest BCUT2D eigenvalue weighted by atomic mass is 9.84. The summed E-state index contributed by atoms with van der Waals surface area (Å²) in [4.78, 5) is 25.6. The summed E-state index contributed by atoms with van der Waals surface area (Å²) >= 11 is 0. The second-order valence-corrected chi connectivity index (χ2v) is 6.80. The Morgan fingerprint density at radius 3 is 2.35 bits per heavy atom. The molecule has 2 unspecified atom stereocenters. The molecule has 5 heteroatoms. The number of carbonyl (C=O) groups excluding carboxylic acids is 2. The molecule has 1 amide bonds. The van der Waals surface area contributed by atoms with Crippen LogP contribution in [-0.2, 0) is 14.3 Å². The summed E-state index contributed by atoms with van der Waals surface area (Å²) in [6.45, 7) is 10.3. The van der Waals surface area contributed by atoms with Crippen molar-refractivity contribution in [3.8, 4) is 0 Å². The van der Waals surface area contributed by atoms with Crippen molar-refractivity contribution in [1.82, 2.24) is 4.90 Å². The van der Waals surface area contributed by atoms with Gasteiger partial charge in [0.05, 0.1) is 13.5 Å². The lowest BCUT2D eigenvalue weighted by Crippen LogP contribution is -2.52. The van der Waals surface area contributed by atoms with Gasteiger partial charge in [-0.1, -0.05) is 13.8 Å². The van der Waals surface area contributed by atoms with Gasteiger partial charge in [0, 0.05) is 12.6 Å². The normalized spacial score (nSPS) is 27.1. The first-order chi connectivity index (χ1) is 9.14. The van der Waals surface area contributed by atoms with E-state index in [0.717, 1.165) is 6.42 Å². The predicted molar refractivity (Wildman–Crippen MR) is 76.3 cm³/mol. The molecule has 1 rings (SSSR count). The van der Waals surface area contributed by atoms with Crippen LogP contribution in [0.2, 0.25) is 0 Å². The number of rotatable bonds is 2. The molecular formula is C15H27NO4. The van der Waals surface area contributed by atoms with Crippen molar-refractivity contribution < 1.29 is 19.1 Å². The van der Waals surface area contributed by atoms with Crippen molar-refractivity contribution in [2.45, 2.75) is 59.1 Å². The van der Waals surface area contributed by atoms with Gasteiger partial charge in [0.1, 0.15) is 5.60 Å². The summed E-state index contributed by atoms with van der Waals surface area (Å²) in [5.41, 5.74) is -0.531. The number of ether oxygens (including phenoxy) is 2. The molecule has 116 valence electrons. The van der Waals surface area contributed by atoms with Crippen LogP contribution >= 0.6 is 0 Å². The van der Waals surface area contributed by atoms with E-state index in [1.54, 1.807) is 4.90 Å². The Morgan fingerprint density at radius 1 is 1.25 bits per heavy atom. The van der Waals surface area contributed by atoms with E-state index in [1.165, 1.54) is 7.11 Å². The van der Waals surface area contributed by atoms with Crippen LogP contribution in [0.3, 0.4) is 0 Å². The topological polar surface area (TPSA) is 55.8 Å². The standard InChI is InChI=1S/C15H27NO4/c1-10-7-11(2)12(8-13(17)19-6)16(9-10)14(18)20-15(3,4)5/h10-12H,7-9H2,1-6H3/t10-,11?,12?/m0/s1. The summed E-state index contributed by atoms with van der Waals surface area (Å²) < 4.78 is 10.2. The van der Waals surface area contributed by atoms with Crippen LogP contribution in [0.4, 0.5) is 4.79 Å². The Morgan fingerprint density at radius 2 is 1.85 bits per heavy atom. The van der Waals surface area contributed by atoms with Crippen molar-refractivity contribution in [1.29, 1.82) is 0 Å². The van der Waals surface area contributed by atoms with Crippen molar-refractivity contribution in [3.05, 3.63) is 0 Å². The first-order valence-corrected chi connectivity index (χ1v) is 7.20. The van der Waals surface area contributed by atoms with Crippen molar-refractivity contribution in [2.75, 3.05) is 13.7 Å². The van der Waals surface area contributed by atoms with E-state index in [4.69, 9.17) is 9.47 Å². The molecule has 0 aliphatic carbocycles. The van der Waals surface area contributed by atoms with Gasteiger partial charge in [-0.2, -0.15) is 0 Å². The predicted octanol–water partition coefficient (Wildman–Crippen LogP) is 2.83. The average Bonchev–Trinajstić information content (AvgIpc) is 2.29. The molecule has 0 N–H and O–H groups in total. The first-order valence-electron chi connectivity index (χ1n) is 7.20. The fourth-order valence-electron chi connectivity index (χ4n) is 2.74. The minimum atomic E-state index is -0.531. The Balaban J connectivity index is 2.85. The smallest absolute Gasteiger partial charge is 0.410 e. The van der Waals surface area contributed by atoms with E-state index in [2.05, 4.69) is 13.8 Å². The summed E-state index contributed by atoms with van der Waals surface area (Å²) in [5.74, 6) is 0.377. The maximum atomic E-state index is 12.3. The zero-order chi connectivity index (χ0) is 15.5. The SMILES string of the molecule is COC(=O)CC1C(C)C[C@H](C)CN1C(=O)OC(C)(C)C. The van der Waals surface area contributed by atoms with Gasteiger partial charge in [-0.05, 0) is 39.0 Å². The van der Waals surface area contributed by atoms with Crippen LogP contribution in [0, 0.1) is 11.8 Å². The largest absolute Gasteiger partial charge is 0.469 e. The summed E-state index contributed by atoms with van der Waals surface area (Å²) in [5, 5.41) is 0. The van der Waals surface area contributed by atoms with Crippen molar-refractivity contribution >= 4 is 12.1 Å². The minimum absolute atomic E-state index is 0.145. The molecule has 1 aliphatic rings. The highest BCUT2D eigenvalue weighted by atomic mass is 16.6. The Bertz CT molecular complexity index is 361. The van der Waals surface area contributed by atoms with E-state index in [0.29, 0.717) is 12.5 Å². The van der Waals surface area contributed by atoms with E-state index in [1.807, 2.05) is 20.8 Å². The number of hydrogen-bond acceptors (Lipinski definition) is 4. The molecule has 1 saturated heterocycles. The molecule has 3 atom stereocenters. The van der Waals surface area contributed by atoms with E-state index in [-0.39, 0.29) is 30.4 Å². The van der Waals surface area contributed by atoms with Gasteiger partial charge in [-0.3, -0.25) is 4.79 Å². The fourth-order valence-corrected chi connectivity index (χ4v) is 2.74. The number of piperidine rings is 1. The fraction of sp³-hybridized carbons (Fsp3) is 0.867. The molecule has 1 fully saturated rings. The van der Waals surface area contributed by atoms with Crippen LogP contribution in [0.1, 0.15) is 47.5 Å². The number of methoxy groups -OCH3 is 1. The molecule has 1 aliphatic heterocycles. The van der Waals surface area contributed by atoms with Crippen LogP contribution < -0.4 is 0 Å². The zero-order valence-corrected chi connectivity index (χ0v) is 13.4. The van der Waals surface area contributed by atoms with Crippen LogP contribution in [-0.4, -0.2) is 42.3 Å². The first kappa shape index (κ1) is 16.8. The lowest BCUT2D eigenvalue weighted by molar-refractivity contribution is -0.143. The molecule has 0 radical (unpaired) electrons. The highest BCUT2D eigenvalue weighted by Gasteiger charge is 2.38. The van der Waals surface area contributed by atoms with Gasteiger partial charge in [0.15, 0.2) is 0 Å². The zero-order valence-electron chi connectivity index (χ0n) is 13.4. The highest BCUT2D eigenvalue weighted by molar-refractivity contribution is 5.73. The third kappa shape index (κ3) is 4.69. The molecule has 5 nitrogen and oxygen atoms in total. The summed E-state index contributed by atoms with van der Waals surface area (Å²) in [7, 11) is 1.37. The maximum absolute atomic E-state index is 12.3. The van der Waals surface area contributed by atoms with Gasteiger partial charge in [-0.15, -0.1) is 0 Å². The van der Waals surface area contributed by atoms with Gasteiger partial charge in [-0.25, -0.2) is 4.79 Å². The number of esters is 1. The summed E-state index contributed by atoms with van der Waals surface area (Å²) in [6, 6.07) is -0.145. The second-order valence-electron chi connectivity index (χ2n) is 6.80. The molecule has 0 spiro atoms. The van der Waals surface area contributed by atoms with Gasteiger partial charge in [0.25, 0.3) is 0 Å². The average molecular weight is 285 g/mol. The van der Waals surface area contributed by atoms with E-state index >= 15 is 0 Å². The number of carbonyl (C=O) groups is 2. The van der Waals surface area contributed by atoms with Crippen LogP contribution in [0.5, 0.6) is 0 Å². The quantitative estimate of drug-likeness (QED) is 0.732. The third-order valence-electron chi connectivity index (χ3n) is 3.57. The van der Waals surface area contributed by atoms with E-state index in [9.17, 15) is 9.59 Å². The summed E-state index contributed by atoms with van der Waals surface area (Å²) in [6.07, 6.45) is 0.884. The number of likely N-dealkylation sites (tertiary alicyclic amines) is 1. The van der Waals surface area contributed by atoms with Crippen molar-refractivity contribution in [3.63, 3.8) is 0 Å². The molecule has 0 bridgehead atoms. The molecule has 1 heterocycles. The molecular weight excluding hydrogens is 258 g/mol. The number of hydrogen-bond donors (Lipinski definition) is 0. The molecule has 0 aromatic carbocycles. The van der Waals surface area contributed by atoms with Gasteiger partial charge >= 0.3 is 12.1 Å². The van der Waals surface area contributed by atoms with Crippen LogP contribution in [0.25, 0.3) is 0 Å². The number of amides is 1. The molecule has 0 aromatic rings. The van der Waals surface area contributed by atoms with Crippen molar-refractivity contribution in [2.24, 2.45) is 11.8 Å². The Labute approximate surface area is 121 Å². The van der Waals surface area contributed by atoms with E-state index < -0.39 is 5.60 Å². The monoisotopic (exact) mass is 285 g/mol. The Hall–Kier alpha value is -1.26. The van der Waals surface area contributed by atoms with Crippen LogP contribution in [0.15, 0.2) is 0 Å². The molecule has 0 saturated carbocycles. The van der Waals surface area contributed by atoms with Gasteiger partial charge in [0.2, 0.25) is 0 Å².